The number of hydrogen-bond acceptors (Lipinski definition) is 7. The Hall–Kier alpha value is -3.11. The summed E-state index contributed by atoms with van der Waals surface area (Å²) in [7, 11) is 0. The van der Waals surface area contributed by atoms with Gasteiger partial charge in [-0.25, -0.2) is 19.1 Å². The summed E-state index contributed by atoms with van der Waals surface area (Å²) in [6.45, 7) is 10.6. The van der Waals surface area contributed by atoms with Crippen molar-refractivity contribution in [2.75, 3.05) is 6.54 Å². The summed E-state index contributed by atoms with van der Waals surface area (Å²) in [5.41, 5.74) is 4.29. The van der Waals surface area contributed by atoms with Crippen molar-refractivity contribution < 1.29 is 28.7 Å². The van der Waals surface area contributed by atoms with E-state index >= 15 is 0 Å². The number of primary amides is 1. The first-order chi connectivity index (χ1) is 14.7. The average Bonchev–Trinajstić information content (AvgIpc) is 3.26. The molecule has 11 nitrogen and oxygen atoms in total. The van der Waals surface area contributed by atoms with E-state index in [0.29, 0.717) is 25.1 Å². The lowest BCUT2D eigenvalue weighted by Crippen LogP contribution is -2.54. The Balaban J connectivity index is 2.29. The van der Waals surface area contributed by atoms with Gasteiger partial charge < -0.3 is 25.4 Å². The fourth-order valence-electron chi connectivity index (χ4n) is 3.33. The number of ether oxygens (including phenoxy) is 2. The van der Waals surface area contributed by atoms with E-state index < -0.39 is 47.3 Å². The molecule has 0 radical (unpaired) electrons. The summed E-state index contributed by atoms with van der Waals surface area (Å²) < 4.78 is 11.8. The molecular formula is C21H33N5O6. The Morgan fingerprint density at radius 3 is 2.34 bits per heavy atom. The maximum absolute atomic E-state index is 13.3. The minimum absolute atomic E-state index is 0.0701. The molecule has 2 heterocycles. The Labute approximate surface area is 187 Å². The van der Waals surface area contributed by atoms with Gasteiger partial charge in [-0.1, -0.05) is 0 Å². The Bertz CT molecular complexity index is 867. The smallest absolute Gasteiger partial charge is 0.420 e. The van der Waals surface area contributed by atoms with Crippen molar-refractivity contribution in [3.05, 3.63) is 18.2 Å². The van der Waals surface area contributed by atoms with Crippen molar-refractivity contribution in [2.24, 2.45) is 5.73 Å². The van der Waals surface area contributed by atoms with Gasteiger partial charge in [0.2, 0.25) is 11.8 Å². The number of carbonyl (C=O) groups is 4. The van der Waals surface area contributed by atoms with Crippen LogP contribution in [-0.4, -0.2) is 68.3 Å². The quantitative estimate of drug-likeness (QED) is 0.691. The summed E-state index contributed by atoms with van der Waals surface area (Å²) in [6.07, 6.45) is 2.24. The van der Waals surface area contributed by atoms with Crippen molar-refractivity contribution in [2.45, 2.75) is 84.1 Å². The molecule has 1 aliphatic rings. The third-order valence-electron chi connectivity index (χ3n) is 4.57. The number of rotatable bonds is 5. The second-order valence-electron chi connectivity index (χ2n) is 9.73. The lowest BCUT2D eigenvalue weighted by Gasteiger charge is -2.29. The fourth-order valence-corrected chi connectivity index (χ4v) is 3.33. The first-order valence-corrected chi connectivity index (χ1v) is 10.5. The summed E-state index contributed by atoms with van der Waals surface area (Å²) >= 11 is 0. The van der Waals surface area contributed by atoms with Gasteiger partial charge in [-0.15, -0.1) is 0 Å². The number of likely N-dealkylation sites (tertiary alicyclic amines) is 1. The van der Waals surface area contributed by atoms with Crippen LogP contribution in [0.15, 0.2) is 12.5 Å². The molecule has 1 aromatic rings. The van der Waals surface area contributed by atoms with Crippen molar-refractivity contribution in [1.29, 1.82) is 0 Å². The van der Waals surface area contributed by atoms with E-state index in [4.69, 9.17) is 15.2 Å². The van der Waals surface area contributed by atoms with Crippen LogP contribution in [0.25, 0.3) is 0 Å². The minimum Gasteiger partial charge on any atom is -0.444 e. The molecule has 0 saturated carbocycles. The number of nitrogens with one attached hydrogen (secondary N) is 1. The number of amides is 3. The van der Waals surface area contributed by atoms with Gasteiger partial charge in [-0.05, 0) is 54.4 Å². The molecule has 1 fully saturated rings. The minimum atomic E-state index is -1.11. The number of carbonyl (C=O) groups excluding carboxylic acids is 4. The SMILES string of the molecule is CC(C)(C)OC(=O)N[C@H](Cc1cncn1C(=O)OC(C)(C)C)C(=O)N1CCC[C@H]1C(N)=O. The Morgan fingerprint density at radius 1 is 1.16 bits per heavy atom. The van der Waals surface area contributed by atoms with E-state index in [2.05, 4.69) is 10.3 Å². The van der Waals surface area contributed by atoms with Crippen LogP contribution < -0.4 is 11.1 Å². The zero-order chi connectivity index (χ0) is 24.3. The molecule has 0 aliphatic carbocycles. The zero-order valence-electron chi connectivity index (χ0n) is 19.5. The highest BCUT2D eigenvalue weighted by atomic mass is 16.6. The van der Waals surface area contributed by atoms with Gasteiger partial charge in [0.15, 0.2) is 0 Å². The first-order valence-electron chi connectivity index (χ1n) is 10.5. The molecule has 3 N–H and O–H groups in total. The topological polar surface area (TPSA) is 146 Å². The molecule has 0 aromatic carbocycles. The third kappa shape index (κ3) is 6.96. The number of alkyl carbamates (subject to hydrolysis) is 1. The maximum Gasteiger partial charge on any atom is 0.420 e. The molecule has 1 aliphatic heterocycles. The van der Waals surface area contributed by atoms with Crippen LogP contribution in [0.3, 0.4) is 0 Å². The second kappa shape index (κ2) is 9.58. The van der Waals surface area contributed by atoms with Gasteiger partial charge in [-0.2, -0.15) is 0 Å². The van der Waals surface area contributed by atoms with Gasteiger partial charge in [0, 0.05) is 19.2 Å². The van der Waals surface area contributed by atoms with E-state index in [9.17, 15) is 19.2 Å². The lowest BCUT2D eigenvalue weighted by atomic mass is 10.1. The summed E-state index contributed by atoms with van der Waals surface area (Å²) in [6, 6.07) is -1.86. The number of hydrogen-bond donors (Lipinski definition) is 2. The van der Waals surface area contributed by atoms with Crippen LogP contribution >= 0.6 is 0 Å². The third-order valence-corrected chi connectivity index (χ3v) is 4.57. The molecular weight excluding hydrogens is 418 g/mol. The standard InChI is InChI=1S/C21H33N5O6/c1-20(2,3)31-18(29)24-14(17(28)25-9-7-8-15(25)16(22)27)10-13-11-23-12-26(13)19(30)32-21(4,5)6/h11-12,14-15H,7-10H2,1-6H3,(H2,22,27)(H,24,29)/t14-,15+/m1/s1. The Morgan fingerprint density at radius 2 is 1.78 bits per heavy atom. The maximum atomic E-state index is 13.3. The average molecular weight is 452 g/mol. The highest BCUT2D eigenvalue weighted by Gasteiger charge is 2.38. The molecule has 178 valence electrons. The predicted molar refractivity (Wildman–Crippen MR) is 115 cm³/mol. The molecule has 3 amide bonds. The molecule has 0 bridgehead atoms. The molecule has 1 aromatic heterocycles. The van der Waals surface area contributed by atoms with Crippen molar-refractivity contribution in [1.82, 2.24) is 19.8 Å². The van der Waals surface area contributed by atoms with Crippen LogP contribution in [0.4, 0.5) is 9.59 Å². The fraction of sp³-hybridized carbons (Fsp3) is 0.667. The molecule has 1 saturated heterocycles. The van der Waals surface area contributed by atoms with Crippen LogP contribution in [-0.2, 0) is 25.5 Å². The van der Waals surface area contributed by atoms with E-state index in [1.165, 1.54) is 22.0 Å². The highest BCUT2D eigenvalue weighted by molar-refractivity contribution is 5.91. The molecule has 2 rings (SSSR count). The van der Waals surface area contributed by atoms with Gasteiger partial charge in [-0.3, -0.25) is 9.59 Å². The van der Waals surface area contributed by atoms with Crippen molar-refractivity contribution in [3.63, 3.8) is 0 Å². The van der Waals surface area contributed by atoms with Crippen molar-refractivity contribution in [3.8, 4) is 0 Å². The molecule has 0 spiro atoms. The van der Waals surface area contributed by atoms with Crippen LogP contribution in [0.1, 0.15) is 60.1 Å². The van der Waals surface area contributed by atoms with Crippen LogP contribution in [0, 0.1) is 0 Å². The van der Waals surface area contributed by atoms with E-state index in [-0.39, 0.29) is 6.42 Å². The van der Waals surface area contributed by atoms with Crippen molar-refractivity contribution >= 4 is 24.0 Å². The van der Waals surface area contributed by atoms with Gasteiger partial charge in [0.1, 0.15) is 29.6 Å². The Kier molecular flexibility index (Phi) is 7.53. The molecule has 32 heavy (non-hydrogen) atoms. The number of aromatic nitrogens is 2. The molecule has 11 heteroatoms. The summed E-state index contributed by atoms with van der Waals surface area (Å²) in [5.74, 6) is -1.10. The van der Waals surface area contributed by atoms with Crippen LogP contribution in [0.5, 0.6) is 0 Å². The monoisotopic (exact) mass is 451 g/mol. The highest BCUT2D eigenvalue weighted by Crippen LogP contribution is 2.20. The largest absolute Gasteiger partial charge is 0.444 e. The van der Waals surface area contributed by atoms with Gasteiger partial charge >= 0.3 is 12.2 Å². The van der Waals surface area contributed by atoms with E-state index in [1.54, 1.807) is 41.5 Å². The normalized spacial score (nSPS) is 17.6. The number of imidazole rings is 1. The molecule has 2 atom stereocenters. The zero-order valence-corrected chi connectivity index (χ0v) is 19.5. The predicted octanol–water partition coefficient (Wildman–Crippen LogP) is 1.58. The van der Waals surface area contributed by atoms with E-state index in [1.807, 2.05) is 0 Å². The second-order valence-corrected chi connectivity index (χ2v) is 9.73. The first kappa shape index (κ1) is 25.2. The number of nitrogens with two attached hydrogens (primary N) is 1. The lowest BCUT2D eigenvalue weighted by molar-refractivity contribution is -0.139. The van der Waals surface area contributed by atoms with Gasteiger partial charge in [0.25, 0.3) is 0 Å². The molecule has 0 unspecified atom stereocenters. The van der Waals surface area contributed by atoms with Crippen LogP contribution in [0.2, 0.25) is 0 Å². The summed E-state index contributed by atoms with van der Waals surface area (Å²) in [4.78, 5) is 55.4. The van der Waals surface area contributed by atoms with Gasteiger partial charge in [0.05, 0.1) is 5.69 Å². The number of nitrogens with zero attached hydrogens (tertiary/aromatic N) is 3. The van der Waals surface area contributed by atoms with E-state index in [0.717, 1.165) is 0 Å². The summed E-state index contributed by atoms with van der Waals surface area (Å²) in [5, 5.41) is 2.56.